The predicted octanol–water partition coefficient (Wildman–Crippen LogP) is 1.82. The summed E-state index contributed by atoms with van der Waals surface area (Å²) >= 11 is 0. The molecule has 1 aliphatic heterocycles. The van der Waals surface area contributed by atoms with E-state index in [0.717, 1.165) is 0 Å². The van der Waals surface area contributed by atoms with Crippen molar-refractivity contribution in [3.8, 4) is 5.75 Å². The number of hydrogen-bond acceptors (Lipinski definition) is 4. The van der Waals surface area contributed by atoms with E-state index < -0.39 is 24.7 Å². The fourth-order valence-electron chi connectivity index (χ4n) is 2.59. The largest absolute Gasteiger partial charge is 0.490 e. The Labute approximate surface area is 144 Å². The molecule has 0 radical (unpaired) electrons. The van der Waals surface area contributed by atoms with E-state index in [9.17, 15) is 18.0 Å². The van der Waals surface area contributed by atoms with Crippen LogP contribution in [0.2, 0.25) is 0 Å². The van der Waals surface area contributed by atoms with Gasteiger partial charge in [-0.2, -0.15) is 13.2 Å². The van der Waals surface area contributed by atoms with Crippen molar-refractivity contribution in [1.29, 1.82) is 0 Å². The molecule has 1 fully saturated rings. The number of nitrogens with one attached hydrogen (secondary N) is 2. The highest BCUT2D eigenvalue weighted by molar-refractivity contribution is 5.94. The van der Waals surface area contributed by atoms with Crippen molar-refractivity contribution in [3.05, 3.63) is 42.5 Å². The van der Waals surface area contributed by atoms with Crippen molar-refractivity contribution in [2.24, 2.45) is 0 Å². The first-order chi connectivity index (χ1) is 11.9. The van der Waals surface area contributed by atoms with Gasteiger partial charge in [-0.3, -0.25) is 9.69 Å². The van der Waals surface area contributed by atoms with E-state index in [1.807, 2.05) is 0 Å². The molecule has 5 nitrogen and oxygen atoms in total. The Morgan fingerprint density at radius 2 is 1.96 bits per heavy atom. The molecule has 0 aliphatic carbocycles. The fraction of sp³-hybridized carbons (Fsp3) is 0.471. The summed E-state index contributed by atoms with van der Waals surface area (Å²) in [6.07, 6.45) is -2.80. The van der Waals surface area contributed by atoms with Crippen molar-refractivity contribution in [2.45, 2.75) is 12.2 Å². The molecule has 2 N–H and O–H groups in total. The van der Waals surface area contributed by atoms with E-state index >= 15 is 0 Å². The molecule has 8 heteroatoms. The first-order valence-corrected chi connectivity index (χ1v) is 8.05. The summed E-state index contributed by atoms with van der Waals surface area (Å²) in [5.74, 6) is 0.0186. The van der Waals surface area contributed by atoms with Crippen LogP contribution in [0.5, 0.6) is 5.75 Å². The molecular formula is C17H22F3N3O2. The highest BCUT2D eigenvalue weighted by Crippen LogP contribution is 2.25. The van der Waals surface area contributed by atoms with Gasteiger partial charge in [-0.05, 0) is 24.3 Å². The van der Waals surface area contributed by atoms with Crippen LogP contribution in [0.15, 0.2) is 36.9 Å². The van der Waals surface area contributed by atoms with E-state index in [1.165, 1.54) is 17.0 Å². The quantitative estimate of drug-likeness (QED) is 0.731. The van der Waals surface area contributed by atoms with Gasteiger partial charge in [-0.15, -0.1) is 0 Å². The third-order valence-corrected chi connectivity index (χ3v) is 3.91. The number of alkyl halides is 3. The summed E-state index contributed by atoms with van der Waals surface area (Å²) in [5, 5.41) is 5.40. The lowest BCUT2D eigenvalue weighted by Gasteiger charge is -2.35. The lowest BCUT2D eigenvalue weighted by molar-refractivity contribution is -0.183. The fourth-order valence-corrected chi connectivity index (χ4v) is 2.59. The highest BCUT2D eigenvalue weighted by atomic mass is 19.4. The van der Waals surface area contributed by atoms with Crippen LogP contribution in [-0.4, -0.2) is 62.4 Å². The van der Waals surface area contributed by atoms with E-state index in [1.54, 1.807) is 18.2 Å². The van der Waals surface area contributed by atoms with Gasteiger partial charge < -0.3 is 15.4 Å². The summed E-state index contributed by atoms with van der Waals surface area (Å²) in [7, 11) is 0. The zero-order chi connectivity index (χ0) is 18.3. The van der Waals surface area contributed by atoms with Crippen LogP contribution in [-0.2, 0) is 0 Å². The van der Waals surface area contributed by atoms with E-state index in [2.05, 4.69) is 17.2 Å². The third-order valence-electron chi connectivity index (χ3n) is 3.91. The molecule has 1 aromatic rings. The van der Waals surface area contributed by atoms with Crippen molar-refractivity contribution in [2.75, 3.05) is 39.3 Å². The lowest BCUT2D eigenvalue weighted by atomic mass is 10.1. The van der Waals surface area contributed by atoms with Crippen LogP contribution in [0.4, 0.5) is 13.2 Å². The Morgan fingerprint density at radius 1 is 1.32 bits per heavy atom. The number of halogens is 3. The predicted molar refractivity (Wildman–Crippen MR) is 88.8 cm³/mol. The zero-order valence-corrected chi connectivity index (χ0v) is 13.8. The number of rotatable bonds is 7. The standard InChI is InChI=1S/C17H22F3N3O2/c1-2-11-25-14-5-3-13(4-6-14)16(24)22-12-15(17(18,19)20)23-9-7-21-8-10-23/h2-6,15,21H,1,7-12H2,(H,22,24). The monoisotopic (exact) mass is 357 g/mol. The normalized spacial score (nSPS) is 16.9. The Kier molecular flexibility index (Phi) is 6.83. The molecule has 1 atom stereocenters. The summed E-state index contributed by atoms with van der Waals surface area (Å²) in [6, 6.07) is 4.53. The molecule has 2 rings (SSSR count). The highest BCUT2D eigenvalue weighted by Gasteiger charge is 2.43. The average molecular weight is 357 g/mol. The first kappa shape index (κ1) is 19.3. The maximum Gasteiger partial charge on any atom is 0.405 e. The van der Waals surface area contributed by atoms with Gasteiger partial charge in [0.15, 0.2) is 0 Å². The molecule has 0 spiro atoms. The molecule has 1 amide bonds. The van der Waals surface area contributed by atoms with Crippen molar-refractivity contribution >= 4 is 5.91 Å². The van der Waals surface area contributed by atoms with Crippen LogP contribution < -0.4 is 15.4 Å². The summed E-state index contributed by atoms with van der Waals surface area (Å²) in [5.41, 5.74) is 0.284. The molecule has 1 aliphatic rings. The minimum Gasteiger partial charge on any atom is -0.490 e. The topological polar surface area (TPSA) is 53.6 Å². The van der Waals surface area contributed by atoms with Gasteiger partial charge in [0.1, 0.15) is 18.4 Å². The Bertz CT molecular complexity index is 569. The maximum absolute atomic E-state index is 13.3. The number of hydrogen-bond donors (Lipinski definition) is 2. The molecule has 1 aromatic carbocycles. The van der Waals surface area contributed by atoms with E-state index in [0.29, 0.717) is 38.5 Å². The van der Waals surface area contributed by atoms with Gasteiger partial charge in [-0.25, -0.2) is 0 Å². The Hall–Kier alpha value is -2.06. The summed E-state index contributed by atoms with van der Waals surface area (Å²) < 4.78 is 45.2. The molecule has 1 saturated heterocycles. The van der Waals surface area contributed by atoms with Gasteiger partial charge >= 0.3 is 6.18 Å². The molecule has 138 valence electrons. The van der Waals surface area contributed by atoms with Crippen molar-refractivity contribution in [3.63, 3.8) is 0 Å². The van der Waals surface area contributed by atoms with Crippen molar-refractivity contribution in [1.82, 2.24) is 15.5 Å². The zero-order valence-electron chi connectivity index (χ0n) is 13.8. The molecule has 0 bridgehead atoms. The Balaban J connectivity index is 1.94. The molecular weight excluding hydrogens is 335 g/mol. The number of benzene rings is 1. The third kappa shape index (κ3) is 5.75. The number of carbonyl (C=O) groups excluding carboxylic acids is 1. The SMILES string of the molecule is C=CCOc1ccc(C(=O)NCC(N2CCNCC2)C(F)(F)F)cc1. The second kappa shape index (κ2) is 8.87. The maximum atomic E-state index is 13.3. The van der Waals surface area contributed by atoms with Crippen LogP contribution >= 0.6 is 0 Å². The molecule has 1 heterocycles. The summed E-state index contributed by atoms with van der Waals surface area (Å²) in [4.78, 5) is 13.5. The first-order valence-electron chi connectivity index (χ1n) is 8.05. The molecule has 0 aromatic heterocycles. The molecule has 0 saturated carbocycles. The summed E-state index contributed by atoms with van der Waals surface area (Å²) in [6.45, 7) is 5.01. The second-order valence-corrected chi connectivity index (χ2v) is 5.68. The number of piperazine rings is 1. The smallest absolute Gasteiger partial charge is 0.405 e. The molecule has 1 unspecified atom stereocenters. The van der Waals surface area contributed by atoms with Gasteiger partial charge in [0.2, 0.25) is 0 Å². The van der Waals surface area contributed by atoms with Crippen LogP contribution in [0.3, 0.4) is 0 Å². The molecule has 25 heavy (non-hydrogen) atoms. The van der Waals surface area contributed by atoms with Crippen LogP contribution in [0.25, 0.3) is 0 Å². The lowest BCUT2D eigenvalue weighted by Crippen LogP contribution is -2.57. The number of nitrogens with zero attached hydrogens (tertiary/aromatic N) is 1. The second-order valence-electron chi connectivity index (χ2n) is 5.68. The number of ether oxygens (including phenoxy) is 1. The van der Waals surface area contributed by atoms with Crippen LogP contribution in [0, 0.1) is 0 Å². The number of carbonyl (C=O) groups is 1. The van der Waals surface area contributed by atoms with Gasteiger partial charge in [0.25, 0.3) is 5.91 Å². The van der Waals surface area contributed by atoms with Crippen LogP contribution in [0.1, 0.15) is 10.4 Å². The van der Waals surface area contributed by atoms with E-state index in [-0.39, 0.29) is 5.56 Å². The minimum absolute atomic E-state index is 0.284. The minimum atomic E-state index is -4.40. The van der Waals surface area contributed by atoms with Gasteiger partial charge in [0.05, 0.1) is 0 Å². The number of amides is 1. The average Bonchev–Trinajstić information content (AvgIpc) is 2.60. The van der Waals surface area contributed by atoms with Gasteiger partial charge in [-0.1, -0.05) is 12.7 Å². The van der Waals surface area contributed by atoms with E-state index in [4.69, 9.17) is 4.74 Å². The Morgan fingerprint density at radius 3 is 2.52 bits per heavy atom. The van der Waals surface area contributed by atoms with Gasteiger partial charge in [0, 0.05) is 38.3 Å². The van der Waals surface area contributed by atoms with Crippen molar-refractivity contribution < 1.29 is 22.7 Å².